The van der Waals surface area contributed by atoms with Gasteiger partial charge < -0.3 is 15.2 Å². The van der Waals surface area contributed by atoms with Gasteiger partial charge in [-0.3, -0.25) is 4.79 Å². The first-order valence-corrected chi connectivity index (χ1v) is 8.90. The van der Waals surface area contributed by atoms with Crippen molar-refractivity contribution >= 4 is 22.9 Å². The third kappa shape index (κ3) is 4.55. The van der Waals surface area contributed by atoms with E-state index in [0.29, 0.717) is 34.4 Å². The predicted molar refractivity (Wildman–Crippen MR) is 96.9 cm³/mol. The molecule has 0 bridgehead atoms. The number of hydrogen-bond donors (Lipinski definition) is 2. The maximum absolute atomic E-state index is 12.5. The first kappa shape index (κ1) is 18.4. The van der Waals surface area contributed by atoms with E-state index in [1.807, 2.05) is 13.8 Å². The van der Waals surface area contributed by atoms with Gasteiger partial charge in [0.2, 0.25) is 0 Å². The zero-order chi connectivity index (χ0) is 17.7. The molecule has 0 spiro atoms. The van der Waals surface area contributed by atoms with E-state index in [-0.39, 0.29) is 12.5 Å². The van der Waals surface area contributed by atoms with E-state index in [0.717, 1.165) is 17.1 Å². The molecule has 0 fully saturated rings. The van der Waals surface area contributed by atoms with Crippen LogP contribution in [-0.2, 0) is 13.0 Å². The van der Waals surface area contributed by atoms with Crippen molar-refractivity contribution in [2.75, 3.05) is 11.9 Å². The highest BCUT2D eigenvalue weighted by Crippen LogP contribution is 2.25. The molecule has 130 valence electrons. The Balaban J connectivity index is 2.16. The number of anilines is 1. The molecule has 2 rings (SSSR count). The van der Waals surface area contributed by atoms with Crippen molar-refractivity contribution < 1.29 is 14.6 Å². The molecule has 0 radical (unpaired) electrons. The van der Waals surface area contributed by atoms with Crippen molar-refractivity contribution in [1.82, 2.24) is 4.98 Å². The molecule has 0 aliphatic carbocycles. The minimum atomic E-state index is -0.173. The zero-order valence-electron chi connectivity index (χ0n) is 14.5. The van der Waals surface area contributed by atoms with Crippen LogP contribution in [0.4, 0.5) is 5.69 Å². The van der Waals surface area contributed by atoms with Gasteiger partial charge in [-0.1, -0.05) is 13.8 Å². The highest BCUT2D eigenvalue weighted by Gasteiger charge is 2.16. The third-order valence-corrected chi connectivity index (χ3v) is 4.60. The van der Waals surface area contributed by atoms with Crippen LogP contribution in [0.25, 0.3) is 0 Å². The lowest BCUT2D eigenvalue weighted by Gasteiger charge is -2.11. The number of aryl methyl sites for hydroxylation is 1. The Kier molecular flexibility index (Phi) is 6.34. The molecule has 0 saturated heterocycles. The number of thiazole rings is 1. The summed E-state index contributed by atoms with van der Waals surface area (Å²) in [6.07, 6.45) is 0.872. The molecule has 2 N–H and O–H groups in total. The maximum Gasteiger partial charge on any atom is 0.267 e. The molecule has 5 nitrogen and oxygen atoms in total. The molecule has 1 aromatic heterocycles. The van der Waals surface area contributed by atoms with Crippen LogP contribution in [0.5, 0.6) is 5.75 Å². The van der Waals surface area contributed by atoms with Gasteiger partial charge in [-0.15, -0.1) is 11.3 Å². The number of carbonyl (C=O) groups excluding carboxylic acids is 1. The fourth-order valence-corrected chi connectivity index (χ4v) is 3.54. The molecule has 0 aliphatic heterocycles. The van der Waals surface area contributed by atoms with Crippen LogP contribution in [0.2, 0.25) is 0 Å². The van der Waals surface area contributed by atoms with Crippen molar-refractivity contribution in [2.24, 2.45) is 5.92 Å². The Morgan fingerprint density at radius 3 is 2.79 bits per heavy atom. The number of aromatic nitrogens is 1. The smallest absolute Gasteiger partial charge is 0.267 e. The molecule has 1 aromatic carbocycles. The summed E-state index contributed by atoms with van der Waals surface area (Å²) in [7, 11) is 0. The van der Waals surface area contributed by atoms with Crippen molar-refractivity contribution in [2.45, 2.75) is 40.7 Å². The summed E-state index contributed by atoms with van der Waals surface area (Å²) in [5.74, 6) is 0.962. The van der Waals surface area contributed by atoms with Crippen LogP contribution < -0.4 is 10.1 Å². The predicted octanol–water partition coefficient (Wildman–Crippen LogP) is 3.79. The Morgan fingerprint density at radius 2 is 2.17 bits per heavy atom. The number of amides is 1. The maximum atomic E-state index is 12.5. The molecule has 1 amide bonds. The number of carbonyl (C=O) groups is 1. The average Bonchev–Trinajstić information content (AvgIpc) is 2.88. The summed E-state index contributed by atoms with van der Waals surface area (Å²) < 4.78 is 5.45. The highest BCUT2D eigenvalue weighted by atomic mass is 32.1. The first-order chi connectivity index (χ1) is 11.4. The van der Waals surface area contributed by atoms with E-state index in [1.165, 1.54) is 11.3 Å². The SMILES string of the molecule is CCOc1ccc(NC(=O)c2sc(CC(C)C)nc2C)cc1CO. The minimum absolute atomic E-state index is 0.142. The lowest BCUT2D eigenvalue weighted by molar-refractivity contribution is 0.102. The van der Waals surface area contributed by atoms with Gasteiger partial charge in [0.05, 0.1) is 23.9 Å². The molecule has 0 atom stereocenters. The Labute approximate surface area is 146 Å². The summed E-state index contributed by atoms with van der Waals surface area (Å²) in [6, 6.07) is 5.26. The number of nitrogens with one attached hydrogen (secondary N) is 1. The molecule has 6 heteroatoms. The second-order valence-corrected chi connectivity index (χ2v) is 7.07. The minimum Gasteiger partial charge on any atom is -0.494 e. The number of rotatable bonds is 7. The van der Waals surface area contributed by atoms with Crippen molar-refractivity contribution in [3.8, 4) is 5.75 Å². The van der Waals surface area contributed by atoms with E-state index < -0.39 is 0 Å². The molecular weight excluding hydrogens is 324 g/mol. The van der Waals surface area contributed by atoms with E-state index in [4.69, 9.17) is 4.74 Å². The zero-order valence-corrected chi connectivity index (χ0v) is 15.4. The van der Waals surface area contributed by atoms with Gasteiger partial charge in [-0.25, -0.2) is 4.98 Å². The largest absolute Gasteiger partial charge is 0.494 e. The fraction of sp³-hybridized carbons (Fsp3) is 0.444. The Hall–Kier alpha value is -1.92. The second-order valence-electron chi connectivity index (χ2n) is 5.99. The van der Waals surface area contributed by atoms with Crippen LogP contribution in [-0.4, -0.2) is 22.6 Å². The van der Waals surface area contributed by atoms with Crippen molar-refractivity contribution in [3.63, 3.8) is 0 Å². The quantitative estimate of drug-likeness (QED) is 0.798. The van der Waals surface area contributed by atoms with Gasteiger partial charge in [0.15, 0.2) is 0 Å². The van der Waals surface area contributed by atoms with Crippen LogP contribution in [0.1, 0.15) is 46.7 Å². The highest BCUT2D eigenvalue weighted by molar-refractivity contribution is 7.13. The molecule has 0 aliphatic rings. The van der Waals surface area contributed by atoms with Crippen LogP contribution in [0, 0.1) is 12.8 Å². The Morgan fingerprint density at radius 1 is 1.42 bits per heavy atom. The Bertz CT molecular complexity index is 710. The van der Waals surface area contributed by atoms with Gasteiger partial charge in [-0.2, -0.15) is 0 Å². The number of benzene rings is 1. The third-order valence-electron chi connectivity index (χ3n) is 3.42. The van der Waals surface area contributed by atoms with Crippen LogP contribution in [0.15, 0.2) is 18.2 Å². The second kappa shape index (κ2) is 8.26. The fourth-order valence-electron chi connectivity index (χ4n) is 2.36. The lowest BCUT2D eigenvalue weighted by Crippen LogP contribution is -2.12. The average molecular weight is 348 g/mol. The van der Waals surface area contributed by atoms with Crippen molar-refractivity contribution in [1.29, 1.82) is 0 Å². The summed E-state index contributed by atoms with van der Waals surface area (Å²) in [5.41, 5.74) is 2.03. The van der Waals surface area contributed by atoms with Crippen LogP contribution in [0.3, 0.4) is 0 Å². The molecule has 0 unspecified atom stereocenters. The lowest BCUT2D eigenvalue weighted by atomic mass is 10.1. The number of hydrogen-bond acceptors (Lipinski definition) is 5. The molecule has 24 heavy (non-hydrogen) atoms. The number of ether oxygens (including phenoxy) is 1. The van der Waals surface area contributed by atoms with E-state index in [9.17, 15) is 9.90 Å². The van der Waals surface area contributed by atoms with Gasteiger partial charge in [-0.05, 0) is 38.0 Å². The van der Waals surface area contributed by atoms with E-state index in [1.54, 1.807) is 18.2 Å². The van der Waals surface area contributed by atoms with Crippen LogP contribution >= 0.6 is 11.3 Å². The molecule has 0 saturated carbocycles. The molecule has 2 aromatic rings. The van der Waals surface area contributed by atoms with E-state index >= 15 is 0 Å². The first-order valence-electron chi connectivity index (χ1n) is 8.08. The number of aliphatic hydroxyl groups excluding tert-OH is 1. The van der Waals surface area contributed by atoms with Gasteiger partial charge in [0.1, 0.15) is 10.6 Å². The standard InChI is InChI=1S/C18H24N2O3S/c1-5-23-15-7-6-14(9-13(15)10-21)20-18(22)17-12(4)19-16(24-17)8-11(2)3/h6-7,9,11,21H,5,8,10H2,1-4H3,(H,20,22). The normalized spacial score (nSPS) is 10.9. The molecule has 1 heterocycles. The molecular formula is C18H24N2O3S. The number of nitrogens with zero attached hydrogens (tertiary/aromatic N) is 1. The summed E-state index contributed by atoms with van der Waals surface area (Å²) >= 11 is 1.44. The van der Waals surface area contributed by atoms with Gasteiger partial charge in [0.25, 0.3) is 5.91 Å². The van der Waals surface area contributed by atoms with Gasteiger partial charge in [0, 0.05) is 17.7 Å². The monoisotopic (exact) mass is 348 g/mol. The number of aliphatic hydroxyl groups is 1. The summed E-state index contributed by atoms with van der Waals surface area (Å²) in [6.45, 7) is 8.39. The van der Waals surface area contributed by atoms with Gasteiger partial charge >= 0.3 is 0 Å². The van der Waals surface area contributed by atoms with Crippen molar-refractivity contribution in [3.05, 3.63) is 39.3 Å². The van der Waals surface area contributed by atoms with E-state index in [2.05, 4.69) is 24.1 Å². The topological polar surface area (TPSA) is 71.5 Å². The summed E-state index contributed by atoms with van der Waals surface area (Å²) in [4.78, 5) is 17.6. The summed E-state index contributed by atoms with van der Waals surface area (Å²) in [5, 5.41) is 13.3.